The molecule has 0 aromatic heterocycles. The smallest absolute Gasteiger partial charge is 0.339 e. The number of carbonyl (C=O) groups excluding carboxylic acids is 1. The molecule has 0 radical (unpaired) electrons. The molecule has 0 aliphatic heterocycles. The third kappa shape index (κ3) is 6.23. The minimum atomic E-state index is -0.331. The van der Waals surface area contributed by atoms with Crippen molar-refractivity contribution in [2.75, 3.05) is 45.8 Å². The van der Waals surface area contributed by atoms with Gasteiger partial charge in [0.25, 0.3) is 0 Å². The molecule has 1 aromatic carbocycles. The van der Waals surface area contributed by atoms with E-state index >= 15 is 0 Å². The SMILES string of the molecule is CNCCOCCNc1ccc(C)cc1C(=O)OC.Cl. The molecule has 0 saturated heterocycles. The van der Waals surface area contributed by atoms with Crippen molar-refractivity contribution >= 4 is 24.1 Å². The Balaban J connectivity index is 0.00000361. The lowest BCUT2D eigenvalue weighted by molar-refractivity contribution is 0.0601. The van der Waals surface area contributed by atoms with Gasteiger partial charge in [-0.2, -0.15) is 0 Å². The summed E-state index contributed by atoms with van der Waals surface area (Å²) in [6, 6.07) is 5.65. The Kier molecular flexibility index (Phi) is 9.80. The van der Waals surface area contributed by atoms with E-state index in [9.17, 15) is 4.79 Å². The van der Waals surface area contributed by atoms with E-state index in [4.69, 9.17) is 9.47 Å². The van der Waals surface area contributed by atoms with E-state index in [1.54, 1.807) is 0 Å². The maximum absolute atomic E-state index is 11.7. The minimum absolute atomic E-state index is 0. The average molecular weight is 303 g/mol. The molecule has 0 amide bonds. The maximum Gasteiger partial charge on any atom is 0.339 e. The van der Waals surface area contributed by atoms with Crippen LogP contribution in [-0.4, -0.2) is 46.4 Å². The van der Waals surface area contributed by atoms with E-state index in [0.717, 1.165) is 17.8 Å². The number of carbonyl (C=O) groups is 1. The van der Waals surface area contributed by atoms with Crippen molar-refractivity contribution in [1.29, 1.82) is 0 Å². The Morgan fingerprint density at radius 1 is 1.25 bits per heavy atom. The van der Waals surface area contributed by atoms with Gasteiger partial charge in [-0.3, -0.25) is 0 Å². The highest BCUT2D eigenvalue weighted by Crippen LogP contribution is 2.18. The number of ether oxygens (including phenoxy) is 2. The molecule has 6 heteroatoms. The Hall–Kier alpha value is -1.30. The molecule has 114 valence electrons. The summed E-state index contributed by atoms with van der Waals surface area (Å²) in [6.45, 7) is 4.69. The Bertz CT molecular complexity index is 413. The fourth-order valence-corrected chi connectivity index (χ4v) is 1.63. The highest BCUT2D eigenvalue weighted by atomic mass is 35.5. The van der Waals surface area contributed by atoms with E-state index in [2.05, 4.69) is 10.6 Å². The zero-order valence-corrected chi connectivity index (χ0v) is 13.0. The van der Waals surface area contributed by atoms with Gasteiger partial charge < -0.3 is 20.1 Å². The molecule has 0 unspecified atom stereocenters. The number of likely N-dealkylation sites (N-methyl/N-ethyl adjacent to an activating group) is 1. The Labute approximate surface area is 126 Å². The van der Waals surface area contributed by atoms with Gasteiger partial charge in [-0.05, 0) is 26.1 Å². The molecule has 20 heavy (non-hydrogen) atoms. The van der Waals surface area contributed by atoms with Gasteiger partial charge in [-0.15, -0.1) is 12.4 Å². The van der Waals surface area contributed by atoms with E-state index in [-0.39, 0.29) is 18.4 Å². The van der Waals surface area contributed by atoms with Crippen LogP contribution in [0, 0.1) is 6.92 Å². The molecule has 0 bridgehead atoms. The van der Waals surface area contributed by atoms with Crippen molar-refractivity contribution in [3.8, 4) is 0 Å². The van der Waals surface area contributed by atoms with E-state index < -0.39 is 0 Å². The lowest BCUT2D eigenvalue weighted by Gasteiger charge is -2.11. The van der Waals surface area contributed by atoms with Crippen LogP contribution >= 0.6 is 12.4 Å². The fraction of sp³-hybridized carbons (Fsp3) is 0.500. The van der Waals surface area contributed by atoms with Gasteiger partial charge in [0.05, 0.1) is 25.9 Å². The molecular formula is C14H23ClN2O3. The monoisotopic (exact) mass is 302 g/mol. The number of hydrogen-bond donors (Lipinski definition) is 2. The molecule has 1 rings (SSSR count). The van der Waals surface area contributed by atoms with Crippen LogP contribution in [0.4, 0.5) is 5.69 Å². The summed E-state index contributed by atoms with van der Waals surface area (Å²) in [5.41, 5.74) is 2.35. The third-order valence-corrected chi connectivity index (χ3v) is 2.64. The minimum Gasteiger partial charge on any atom is -0.465 e. The molecular weight excluding hydrogens is 280 g/mol. The van der Waals surface area contributed by atoms with E-state index in [1.165, 1.54) is 7.11 Å². The number of hydrogen-bond acceptors (Lipinski definition) is 5. The predicted molar refractivity (Wildman–Crippen MR) is 83.0 cm³/mol. The fourth-order valence-electron chi connectivity index (χ4n) is 1.63. The summed E-state index contributed by atoms with van der Waals surface area (Å²) >= 11 is 0. The van der Waals surface area contributed by atoms with Gasteiger partial charge >= 0.3 is 5.97 Å². The van der Waals surface area contributed by atoms with Crippen LogP contribution in [0.15, 0.2) is 18.2 Å². The molecule has 0 fully saturated rings. The first-order chi connectivity index (χ1) is 9.19. The second-order valence-electron chi connectivity index (χ2n) is 4.18. The highest BCUT2D eigenvalue weighted by molar-refractivity contribution is 5.95. The molecule has 2 N–H and O–H groups in total. The standard InChI is InChI=1S/C14H22N2O3.ClH/c1-11-4-5-13(12(10-11)14(17)18-3)16-7-9-19-8-6-15-2;/h4-5,10,15-16H,6-9H2,1-3H3;1H. The number of anilines is 1. The van der Waals surface area contributed by atoms with Crippen LogP contribution in [-0.2, 0) is 9.47 Å². The maximum atomic E-state index is 11.7. The number of aryl methyl sites for hydroxylation is 1. The number of benzene rings is 1. The lowest BCUT2D eigenvalue weighted by Crippen LogP contribution is -2.18. The van der Waals surface area contributed by atoms with Crippen molar-refractivity contribution in [1.82, 2.24) is 5.32 Å². The van der Waals surface area contributed by atoms with Crippen LogP contribution in [0.1, 0.15) is 15.9 Å². The number of nitrogens with one attached hydrogen (secondary N) is 2. The summed E-state index contributed by atoms with van der Waals surface area (Å²) in [5, 5.41) is 6.19. The van der Waals surface area contributed by atoms with Gasteiger partial charge in [0.15, 0.2) is 0 Å². The topological polar surface area (TPSA) is 59.6 Å². The number of esters is 1. The number of methoxy groups -OCH3 is 1. The average Bonchev–Trinajstić information content (AvgIpc) is 2.43. The van der Waals surface area contributed by atoms with Gasteiger partial charge in [-0.25, -0.2) is 4.79 Å². The quantitative estimate of drug-likeness (QED) is 0.567. The second kappa shape index (κ2) is 10.5. The summed E-state index contributed by atoms with van der Waals surface area (Å²) in [6.07, 6.45) is 0. The lowest BCUT2D eigenvalue weighted by atomic mass is 10.1. The number of rotatable bonds is 8. The molecule has 0 spiro atoms. The second-order valence-corrected chi connectivity index (χ2v) is 4.18. The molecule has 0 aliphatic rings. The largest absolute Gasteiger partial charge is 0.465 e. The summed E-state index contributed by atoms with van der Waals surface area (Å²) < 4.78 is 10.2. The van der Waals surface area contributed by atoms with Crippen molar-refractivity contribution < 1.29 is 14.3 Å². The molecule has 0 heterocycles. The molecule has 5 nitrogen and oxygen atoms in total. The first kappa shape index (κ1) is 18.7. The van der Waals surface area contributed by atoms with Crippen LogP contribution in [0.3, 0.4) is 0 Å². The molecule has 0 atom stereocenters. The van der Waals surface area contributed by atoms with Crippen molar-refractivity contribution in [3.05, 3.63) is 29.3 Å². The molecule has 1 aromatic rings. The van der Waals surface area contributed by atoms with Crippen LogP contribution in [0.5, 0.6) is 0 Å². The van der Waals surface area contributed by atoms with Crippen molar-refractivity contribution in [2.24, 2.45) is 0 Å². The summed E-state index contributed by atoms with van der Waals surface area (Å²) in [4.78, 5) is 11.7. The zero-order chi connectivity index (χ0) is 14.1. The van der Waals surface area contributed by atoms with Crippen molar-refractivity contribution in [2.45, 2.75) is 6.92 Å². The third-order valence-electron chi connectivity index (χ3n) is 2.64. The Morgan fingerprint density at radius 3 is 2.60 bits per heavy atom. The normalized spacial score (nSPS) is 9.75. The summed E-state index contributed by atoms with van der Waals surface area (Å²) in [7, 11) is 3.27. The number of halogens is 1. The molecule has 0 aliphatic carbocycles. The summed E-state index contributed by atoms with van der Waals surface area (Å²) in [5.74, 6) is -0.331. The Morgan fingerprint density at radius 2 is 1.95 bits per heavy atom. The predicted octanol–water partition coefficient (Wildman–Crippen LogP) is 1.85. The van der Waals surface area contributed by atoms with Gasteiger partial charge in [0.2, 0.25) is 0 Å². The van der Waals surface area contributed by atoms with Crippen LogP contribution < -0.4 is 10.6 Å². The van der Waals surface area contributed by atoms with E-state index in [1.807, 2.05) is 32.2 Å². The first-order valence-electron chi connectivity index (χ1n) is 6.34. The highest BCUT2D eigenvalue weighted by Gasteiger charge is 2.11. The first-order valence-corrected chi connectivity index (χ1v) is 6.34. The zero-order valence-electron chi connectivity index (χ0n) is 12.2. The van der Waals surface area contributed by atoms with Gasteiger partial charge in [0, 0.05) is 18.8 Å². The van der Waals surface area contributed by atoms with Crippen LogP contribution in [0.2, 0.25) is 0 Å². The van der Waals surface area contributed by atoms with Gasteiger partial charge in [0.1, 0.15) is 0 Å². The van der Waals surface area contributed by atoms with Gasteiger partial charge in [-0.1, -0.05) is 11.6 Å². The van der Waals surface area contributed by atoms with Crippen LogP contribution in [0.25, 0.3) is 0 Å². The van der Waals surface area contributed by atoms with E-state index in [0.29, 0.717) is 25.3 Å². The van der Waals surface area contributed by atoms with Crippen molar-refractivity contribution in [3.63, 3.8) is 0 Å². The molecule has 0 saturated carbocycles.